The van der Waals surface area contributed by atoms with Crippen molar-refractivity contribution in [1.29, 1.82) is 0 Å². The standard InChI is InChI=1S/C17H25ClN4/c1-5-6-9-16(14-8-7-10-19-11-14)21(3)12-15-13(2)20-22(4)17(15)18/h7-8,10-11,16H,5-6,9,12H2,1-4H3/t16-/m0/s1. The minimum atomic E-state index is 0.351. The Kier molecular flexibility index (Phi) is 5.98. The van der Waals surface area contributed by atoms with Gasteiger partial charge in [0.15, 0.2) is 0 Å². The number of unbranched alkanes of at least 4 members (excludes halogenated alkanes) is 1. The Bertz CT molecular complexity index is 594. The fourth-order valence-corrected chi connectivity index (χ4v) is 3.06. The highest BCUT2D eigenvalue weighted by atomic mass is 35.5. The lowest BCUT2D eigenvalue weighted by molar-refractivity contribution is 0.220. The number of rotatable bonds is 7. The normalized spacial score (nSPS) is 12.8. The summed E-state index contributed by atoms with van der Waals surface area (Å²) in [5.41, 5.74) is 3.37. The minimum Gasteiger partial charge on any atom is -0.295 e. The SMILES string of the molecule is CCCC[C@@H](c1cccnc1)N(C)Cc1c(C)nn(C)c1Cl. The molecule has 2 aromatic rings. The summed E-state index contributed by atoms with van der Waals surface area (Å²) in [6.45, 7) is 5.03. The van der Waals surface area contributed by atoms with Crippen LogP contribution >= 0.6 is 11.6 Å². The highest BCUT2D eigenvalue weighted by molar-refractivity contribution is 6.30. The van der Waals surface area contributed by atoms with Gasteiger partial charge in [-0.1, -0.05) is 37.4 Å². The van der Waals surface area contributed by atoms with Gasteiger partial charge in [-0.15, -0.1) is 0 Å². The van der Waals surface area contributed by atoms with Crippen LogP contribution < -0.4 is 0 Å². The Hall–Kier alpha value is -1.39. The van der Waals surface area contributed by atoms with Gasteiger partial charge in [0.25, 0.3) is 0 Å². The third kappa shape index (κ3) is 3.87. The van der Waals surface area contributed by atoms with E-state index in [0.717, 1.165) is 29.4 Å². The molecule has 5 heteroatoms. The number of nitrogens with zero attached hydrogens (tertiary/aromatic N) is 4. The predicted octanol–water partition coefficient (Wildman–Crippen LogP) is 4.14. The average molecular weight is 321 g/mol. The van der Waals surface area contributed by atoms with Crippen molar-refractivity contribution < 1.29 is 0 Å². The first-order valence-corrected chi connectivity index (χ1v) is 8.20. The average Bonchev–Trinajstić information content (AvgIpc) is 2.75. The second-order valence-corrected chi connectivity index (χ2v) is 6.20. The molecule has 0 aliphatic carbocycles. The minimum absolute atomic E-state index is 0.351. The molecule has 0 aromatic carbocycles. The van der Waals surface area contributed by atoms with E-state index in [4.69, 9.17) is 11.6 Å². The third-order valence-electron chi connectivity index (χ3n) is 4.11. The smallest absolute Gasteiger partial charge is 0.131 e. The quantitative estimate of drug-likeness (QED) is 0.769. The maximum absolute atomic E-state index is 6.37. The number of aromatic nitrogens is 3. The second kappa shape index (κ2) is 7.75. The van der Waals surface area contributed by atoms with E-state index in [9.17, 15) is 0 Å². The van der Waals surface area contributed by atoms with Crippen LogP contribution in [0.25, 0.3) is 0 Å². The molecule has 0 N–H and O–H groups in total. The van der Waals surface area contributed by atoms with E-state index in [2.05, 4.69) is 35.0 Å². The predicted molar refractivity (Wildman–Crippen MR) is 90.9 cm³/mol. The van der Waals surface area contributed by atoms with Gasteiger partial charge in [-0.2, -0.15) is 5.10 Å². The lowest BCUT2D eigenvalue weighted by atomic mass is 10.0. The first kappa shape index (κ1) is 17.0. The summed E-state index contributed by atoms with van der Waals surface area (Å²) in [6.07, 6.45) is 7.30. The van der Waals surface area contributed by atoms with Crippen molar-refractivity contribution in [3.8, 4) is 0 Å². The fourth-order valence-electron chi connectivity index (χ4n) is 2.83. The van der Waals surface area contributed by atoms with Gasteiger partial charge in [-0.3, -0.25) is 14.6 Å². The van der Waals surface area contributed by atoms with E-state index in [1.807, 2.05) is 32.4 Å². The Morgan fingerprint density at radius 3 is 2.73 bits per heavy atom. The van der Waals surface area contributed by atoms with Crippen LogP contribution in [-0.2, 0) is 13.6 Å². The molecule has 0 aliphatic rings. The van der Waals surface area contributed by atoms with Gasteiger partial charge in [-0.05, 0) is 32.0 Å². The number of halogens is 1. The molecule has 0 aliphatic heterocycles. The molecule has 2 heterocycles. The fraction of sp³-hybridized carbons (Fsp3) is 0.529. The van der Waals surface area contributed by atoms with E-state index in [1.54, 1.807) is 4.68 Å². The van der Waals surface area contributed by atoms with Crippen molar-refractivity contribution in [2.24, 2.45) is 7.05 Å². The molecule has 2 aromatic heterocycles. The Labute approximate surface area is 138 Å². The summed E-state index contributed by atoms with van der Waals surface area (Å²) in [5, 5.41) is 5.13. The highest BCUT2D eigenvalue weighted by Crippen LogP contribution is 2.28. The lowest BCUT2D eigenvalue weighted by Crippen LogP contribution is -2.24. The van der Waals surface area contributed by atoms with Crippen LogP contribution in [0.5, 0.6) is 0 Å². The third-order valence-corrected chi connectivity index (χ3v) is 4.58. The molecule has 0 radical (unpaired) electrons. The maximum Gasteiger partial charge on any atom is 0.131 e. The zero-order valence-electron chi connectivity index (χ0n) is 13.9. The molecule has 1 atom stereocenters. The molecule has 0 unspecified atom stereocenters. The van der Waals surface area contributed by atoms with Gasteiger partial charge >= 0.3 is 0 Å². The van der Waals surface area contributed by atoms with Gasteiger partial charge in [-0.25, -0.2) is 0 Å². The van der Waals surface area contributed by atoms with E-state index in [-0.39, 0.29) is 0 Å². The van der Waals surface area contributed by atoms with E-state index in [0.29, 0.717) is 6.04 Å². The molecule has 0 saturated carbocycles. The zero-order valence-corrected chi connectivity index (χ0v) is 14.6. The monoisotopic (exact) mass is 320 g/mol. The number of pyridine rings is 1. The summed E-state index contributed by atoms with van der Waals surface area (Å²) in [6, 6.07) is 4.51. The molecular formula is C17H25ClN4. The van der Waals surface area contributed by atoms with Gasteiger partial charge in [0, 0.05) is 37.6 Å². The van der Waals surface area contributed by atoms with Gasteiger partial charge in [0.1, 0.15) is 5.15 Å². The van der Waals surface area contributed by atoms with Crippen molar-refractivity contribution in [2.45, 2.75) is 45.7 Å². The van der Waals surface area contributed by atoms with Crippen LogP contribution in [-0.4, -0.2) is 26.7 Å². The molecule has 0 saturated heterocycles. The van der Waals surface area contributed by atoms with Crippen LogP contribution in [0.3, 0.4) is 0 Å². The first-order chi connectivity index (χ1) is 10.5. The van der Waals surface area contributed by atoms with Crippen molar-refractivity contribution in [3.63, 3.8) is 0 Å². The van der Waals surface area contributed by atoms with Crippen LogP contribution in [0.2, 0.25) is 5.15 Å². The van der Waals surface area contributed by atoms with Gasteiger partial charge < -0.3 is 0 Å². The molecule has 22 heavy (non-hydrogen) atoms. The van der Waals surface area contributed by atoms with Gasteiger partial charge in [0.2, 0.25) is 0 Å². The first-order valence-electron chi connectivity index (χ1n) is 7.82. The van der Waals surface area contributed by atoms with Crippen LogP contribution in [0.1, 0.15) is 49.0 Å². The van der Waals surface area contributed by atoms with Crippen molar-refractivity contribution in [3.05, 3.63) is 46.5 Å². The Morgan fingerprint density at radius 2 is 2.18 bits per heavy atom. The largest absolute Gasteiger partial charge is 0.295 e. The van der Waals surface area contributed by atoms with Gasteiger partial charge in [0.05, 0.1) is 5.69 Å². The molecule has 0 bridgehead atoms. The molecule has 0 spiro atoms. The summed E-state index contributed by atoms with van der Waals surface area (Å²) in [5.74, 6) is 0. The van der Waals surface area contributed by atoms with Crippen LogP contribution in [0.15, 0.2) is 24.5 Å². The molecule has 0 amide bonds. The zero-order chi connectivity index (χ0) is 16.1. The highest BCUT2D eigenvalue weighted by Gasteiger charge is 2.20. The maximum atomic E-state index is 6.37. The number of aryl methyl sites for hydroxylation is 2. The van der Waals surface area contributed by atoms with E-state index >= 15 is 0 Å². The molecular weight excluding hydrogens is 296 g/mol. The Balaban J connectivity index is 2.20. The number of hydrogen-bond acceptors (Lipinski definition) is 3. The molecule has 120 valence electrons. The Morgan fingerprint density at radius 1 is 1.41 bits per heavy atom. The number of hydrogen-bond donors (Lipinski definition) is 0. The van der Waals surface area contributed by atoms with Crippen molar-refractivity contribution >= 4 is 11.6 Å². The summed E-state index contributed by atoms with van der Waals surface area (Å²) in [7, 11) is 4.03. The summed E-state index contributed by atoms with van der Waals surface area (Å²) < 4.78 is 1.74. The molecule has 0 fully saturated rings. The van der Waals surface area contributed by atoms with Crippen LogP contribution in [0, 0.1) is 6.92 Å². The summed E-state index contributed by atoms with van der Waals surface area (Å²) >= 11 is 6.37. The summed E-state index contributed by atoms with van der Waals surface area (Å²) in [4.78, 5) is 6.62. The molecule has 2 rings (SSSR count). The van der Waals surface area contributed by atoms with Crippen LogP contribution in [0.4, 0.5) is 0 Å². The topological polar surface area (TPSA) is 34.0 Å². The van der Waals surface area contributed by atoms with Crippen molar-refractivity contribution in [2.75, 3.05) is 7.05 Å². The van der Waals surface area contributed by atoms with E-state index in [1.165, 1.54) is 18.4 Å². The second-order valence-electron chi connectivity index (χ2n) is 5.84. The van der Waals surface area contributed by atoms with E-state index < -0.39 is 0 Å². The van der Waals surface area contributed by atoms with Crippen molar-refractivity contribution in [1.82, 2.24) is 19.7 Å². The molecule has 4 nitrogen and oxygen atoms in total. The lowest BCUT2D eigenvalue weighted by Gasteiger charge is -2.28.